The van der Waals surface area contributed by atoms with Crippen LogP contribution in [0.2, 0.25) is 0 Å². The van der Waals surface area contributed by atoms with Gasteiger partial charge in [0.05, 0.1) is 5.69 Å². The summed E-state index contributed by atoms with van der Waals surface area (Å²) in [6.07, 6.45) is 7.82. The molecule has 5 nitrogen and oxygen atoms in total. The van der Waals surface area contributed by atoms with Gasteiger partial charge in [0, 0.05) is 30.9 Å². The van der Waals surface area contributed by atoms with E-state index in [0.717, 1.165) is 19.4 Å². The normalized spacial score (nSPS) is 29.3. The second kappa shape index (κ2) is 5.72. The van der Waals surface area contributed by atoms with Crippen molar-refractivity contribution in [2.24, 2.45) is 0 Å². The highest BCUT2D eigenvalue weighted by Crippen LogP contribution is 2.32. The molecule has 0 saturated carbocycles. The predicted molar refractivity (Wildman–Crippen MR) is 84.2 cm³/mol. The summed E-state index contributed by atoms with van der Waals surface area (Å²) in [5.74, 6) is 0.0150. The molecule has 2 fully saturated rings. The highest BCUT2D eigenvalue weighted by molar-refractivity contribution is 5.94. The number of carbonyl (C=O) groups is 1. The summed E-state index contributed by atoms with van der Waals surface area (Å²) in [4.78, 5) is 15.0. The lowest BCUT2D eigenvalue weighted by molar-refractivity contribution is 0.0461. The summed E-state index contributed by atoms with van der Waals surface area (Å²) in [5, 5.41) is 3.23. The zero-order valence-corrected chi connectivity index (χ0v) is 13.0. The zero-order valence-electron chi connectivity index (χ0n) is 13.0. The standard InChI is InChI=1S/C16H26N4O/c1-3-20-10-11(17)7-15(20)16(21)18-12-8-13-5-4-6-14(9-12)19(13)2/h7,10,12-14H,3-6,8-9,17H2,1-2H3,(H,18,21). The average molecular weight is 290 g/mol. The van der Waals surface area contributed by atoms with Crippen molar-refractivity contribution < 1.29 is 4.79 Å². The van der Waals surface area contributed by atoms with Crippen molar-refractivity contribution in [2.75, 3.05) is 12.8 Å². The van der Waals surface area contributed by atoms with Crippen LogP contribution in [0.1, 0.15) is 49.5 Å². The van der Waals surface area contributed by atoms with E-state index in [0.29, 0.717) is 29.5 Å². The predicted octanol–water partition coefficient (Wildman–Crippen LogP) is 1.84. The molecule has 3 rings (SSSR count). The molecule has 0 aromatic carbocycles. The number of fused-ring (bicyclic) bond motifs is 2. The highest BCUT2D eigenvalue weighted by Gasteiger charge is 2.36. The molecule has 3 heterocycles. The van der Waals surface area contributed by atoms with E-state index in [9.17, 15) is 4.79 Å². The van der Waals surface area contributed by atoms with Crippen LogP contribution in [-0.2, 0) is 6.54 Å². The third-order valence-corrected chi connectivity index (χ3v) is 5.17. The van der Waals surface area contributed by atoms with E-state index in [1.165, 1.54) is 19.3 Å². The Morgan fingerprint density at radius 2 is 2.05 bits per heavy atom. The van der Waals surface area contributed by atoms with Crippen LogP contribution in [0, 0.1) is 0 Å². The summed E-state index contributed by atoms with van der Waals surface area (Å²) in [5.41, 5.74) is 7.15. The molecular formula is C16H26N4O. The van der Waals surface area contributed by atoms with Gasteiger partial charge in [-0.15, -0.1) is 0 Å². The minimum absolute atomic E-state index is 0.0150. The molecule has 1 amide bonds. The van der Waals surface area contributed by atoms with Gasteiger partial charge in [-0.05, 0) is 45.7 Å². The van der Waals surface area contributed by atoms with Crippen LogP contribution in [0.3, 0.4) is 0 Å². The van der Waals surface area contributed by atoms with E-state index in [1.807, 2.05) is 17.7 Å². The number of hydrogen-bond acceptors (Lipinski definition) is 3. The molecule has 0 aliphatic carbocycles. The van der Waals surface area contributed by atoms with Crippen molar-refractivity contribution in [2.45, 2.75) is 63.7 Å². The number of anilines is 1. The maximum Gasteiger partial charge on any atom is 0.268 e. The number of amides is 1. The zero-order chi connectivity index (χ0) is 15.0. The topological polar surface area (TPSA) is 63.3 Å². The number of nitrogens with one attached hydrogen (secondary N) is 1. The van der Waals surface area contributed by atoms with Gasteiger partial charge in [-0.2, -0.15) is 0 Å². The van der Waals surface area contributed by atoms with Crippen molar-refractivity contribution in [1.82, 2.24) is 14.8 Å². The van der Waals surface area contributed by atoms with Crippen molar-refractivity contribution in [1.29, 1.82) is 0 Å². The average Bonchev–Trinajstić information content (AvgIpc) is 2.81. The summed E-state index contributed by atoms with van der Waals surface area (Å²) in [6, 6.07) is 3.33. The first-order valence-electron chi connectivity index (χ1n) is 8.07. The van der Waals surface area contributed by atoms with Crippen LogP contribution in [-0.4, -0.2) is 40.5 Å². The fourth-order valence-corrected chi connectivity index (χ4v) is 3.98. The number of rotatable bonds is 3. The van der Waals surface area contributed by atoms with Crippen LogP contribution in [0.25, 0.3) is 0 Å². The van der Waals surface area contributed by atoms with Gasteiger partial charge >= 0.3 is 0 Å². The summed E-state index contributed by atoms with van der Waals surface area (Å²) < 4.78 is 1.92. The quantitative estimate of drug-likeness (QED) is 0.893. The number of nitrogens with zero attached hydrogens (tertiary/aromatic N) is 2. The second-order valence-corrected chi connectivity index (χ2v) is 6.49. The number of aromatic nitrogens is 1. The van der Waals surface area contributed by atoms with Gasteiger partial charge in [-0.3, -0.25) is 4.79 Å². The molecule has 21 heavy (non-hydrogen) atoms. The Balaban J connectivity index is 1.68. The van der Waals surface area contributed by atoms with Crippen LogP contribution >= 0.6 is 0 Å². The first-order valence-corrected chi connectivity index (χ1v) is 8.07. The number of nitrogens with two attached hydrogens (primary N) is 1. The third kappa shape index (κ3) is 2.79. The third-order valence-electron chi connectivity index (χ3n) is 5.17. The number of nitrogen functional groups attached to an aromatic ring is 1. The van der Waals surface area contributed by atoms with Crippen LogP contribution in [0.5, 0.6) is 0 Å². The Labute approximate surface area is 126 Å². The van der Waals surface area contributed by atoms with E-state index < -0.39 is 0 Å². The second-order valence-electron chi connectivity index (χ2n) is 6.49. The van der Waals surface area contributed by atoms with Crippen molar-refractivity contribution in [3.8, 4) is 0 Å². The van der Waals surface area contributed by atoms with Gasteiger partial charge < -0.3 is 20.5 Å². The molecule has 2 bridgehead atoms. The molecule has 0 radical (unpaired) electrons. The van der Waals surface area contributed by atoms with E-state index >= 15 is 0 Å². The van der Waals surface area contributed by atoms with Gasteiger partial charge in [0.15, 0.2) is 0 Å². The largest absolute Gasteiger partial charge is 0.397 e. The number of hydrogen-bond donors (Lipinski definition) is 2. The first kappa shape index (κ1) is 14.4. The molecule has 116 valence electrons. The van der Waals surface area contributed by atoms with Gasteiger partial charge in [-0.1, -0.05) is 6.42 Å². The van der Waals surface area contributed by atoms with Crippen molar-refractivity contribution >= 4 is 11.6 Å². The van der Waals surface area contributed by atoms with Crippen LogP contribution in [0.15, 0.2) is 12.3 Å². The van der Waals surface area contributed by atoms with Gasteiger partial charge in [0.1, 0.15) is 5.69 Å². The number of piperidine rings is 2. The lowest BCUT2D eigenvalue weighted by atomic mass is 9.82. The van der Waals surface area contributed by atoms with Crippen LogP contribution < -0.4 is 11.1 Å². The Bertz CT molecular complexity index is 510. The highest BCUT2D eigenvalue weighted by atomic mass is 16.2. The summed E-state index contributed by atoms with van der Waals surface area (Å²) in [7, 11) is 2.23. The van der Waals surface area contributed by atoms with Crippen molar-refractivity contribution in [3.05, 3.63) is 18.0 Å². The molecule has 3 N–H and O–H groups in total. The molecule has 2 unspecified atom stereocenters. The Kier molecular flexibility index (Phi) is 3.93. The Morgan fingerprint density at radius 1 is 1.38 bits per heavy atom. The molecule has 5 heteroatoms. The molecule has 2 saturated heterocycles. The lowest BCUT2D eigenvalue weighted by Crippen LogP contribution is -2.55. The maximum absolute atomic E-state index is 12.5. The number of carbonyl (C=O) groups excluding carboxylic acids is 1. The molecule has 2 atom stereocenters. The van der Waals surface area contributed by atoms with Gasteiger partial charge in [0.2, 0.25) is 0 Å². The fourth-order valence-electron chi connectivity index (χ4n) is 3.98. The Morgan fingerprint density at radius 3 is 2.67 bits per heavy atom. The van der Waals surface area contributed by atoms with E-state index in [-0.39, 0.29) is 5.91 Å². The fraction of sp³-hybridized carbons (Fsp3) is 0.688. The number of aryl methyl sites for hydroxylation is 1. The molecular weight excluding hydrogens is 264 g/mol. The van der Waals surface area contributed by atoms with Gasteiger partial charge in [-0.25, -0.2) is 0 Å². The summed E-state index contributed by atoms with van der Waals surface area (Å²) in [6.45, 7) is 2.79. The van der Waals surface area contributed by atoms with Gasteiger partial charge in [0.25, 0.3) is 5.91 Å². The lowest BCUT2D eigenvalue weighted by Gasteiger charge is -2.47. The van der Waals surface area contributed by atoms with E-state index in [4.69, 9.17) is 5.73 Å². The molecule has 1 aromatic rings. The van der Waals surface area contributed by atoms with E-state index in [1.54, 1.807) is 6.07 Å². The molecule has 2 aliphatic rings. The first-order chi connectivity index (χ1) is 10.1. The van der Waals surface area contributed by atoms with E-state index in [2.05, 4.69) is 17.3 Å². The SMILES string of the molecule is CCn1cc(N)cc1C(=O)NC1CC2CCCC(C1)N2C. The van der Waals surface area contributed by atoms with Crippen molar-refractivity contribution in [3.63, 3.8) is 0 Å². The summed E-state index contributed by atoms with van der Waals surface area (Å²) >= 11 is 0. The minimum Gasteiger partial charge on any atom is -0.397 e. The minimum atomic E-state index is 0.0150. The molecule has 2 aliphatic heterocycles. The molecule has 1 aromatic heterocycles. The maximum atomic E-state index is 12.5. The van der Waals surface area contributed by atoms with Crippen LogP contribution in [0.4, 0.5) is 5.69 Å². The smallest absolute Gasteiger partial charge is 0.268 e. The molecule has 0 spiro atoms. The Hall–Kier alpha value is -1.49. The monoisotopic (exact) mass is 290 g/mol.